The van der Waals surface area contributed by atoms with Gasteiger partial charge in [-0.25, -0.2) is 8.78 Å². The Bertz CT molecular complexity index is 453. The highest BCUT2D eigenvalue weighted by molar-refractivity contribution is 9.10. The quantitative estimate of drug-likeness (QED) is 0.893. The highest BCUT2D eigenvalue weighted by Gasteiger charge is 2.19. The summed E-state index contributed by atoms with van der Waals surface area (Å²) < 4.78 is 27.4. The van der Waals surface area contributed by atoms with Crippen LogP contribution < -0.4 is 10.6 Å². The van der Waals surface area contributed by atoms with Gasteiger partial charge in [0.15, 0.2) is 11.6 Å². The third-order valence-corrected chi connectivity index (χ3v) is 3.60. The Labute approximate surface area is 118 Å². The fraction of sp³-hybridized carbons (Fsp3) is 0.462. The van der Waals surface area contributed by atoms with Gasteiger partial charge in [-0.15, -0.1) is 0 Å². The van der Waals surface area contributed by atoms with Gasteiger partial charge in [-0.2, -0.15) is 0 Å². The Balaban J connectivity index is 1.98. The lowest BCUT2D eigenvalue weighted by Crippen LogP contribution is -2.32. The maximum absolute atomic E-state index is 13.6. The Morgan fingerprint density at radius 2 is 2.11 bits per heavy atom. The molecule has 3 nitrogen and oxygen atoms in total. The number of hydrogen-bond donors (Lipinski definition) is 2. The molecular weight excluding hydrogens is 318 g/mol. The molecular formula is C13H15BrF2N2O. The Kier molecular flexibility index (Phi) is 4.87. The van der Waals surface area contributed by atoms with Crippen molar-refractivity contribution in [2.45, 2.75) is 19.3 Å². The molecule has 0 spiro atoms. The largest absolute Gasteiger partial charge is 0.321 e. The predicted octanol–water partition coefficient (Wildman–Crippen LogP) is 3.06. The summed E-state index contributed by atoms with van der Waals surface area (Å²) >= 11 is 2.99. The van der Waals surface area contributed by atoms with Gasteiger partial charge in [0.1, 0.15) is 5.69 Å². The Hall–Kier alpha value is -1.01. The fourth-order valence-corrected chi connectivity index (χ4v) is 2.61. The number of hydrogen-bond acceptors (Lipinski definition) is 2. The molecule has 1 aromatic carbocycles. The van der Waals surface area contributed by atoms with E-state index in [9.17, 15) is 13.6 Å². The number of nitrogens with one attached hydrogen (secondary N) is 2. The zero-order chi connectivity index (χ0) is 13.8. The van der Waals surface area contributed by atoms with E-state index in [1.807, 2.05) is 0 Å². The number of carbonyl (C=O) groups is 1. The zero-order valence-corrected chi connectivity index (χ0v) is 11.9. The van der Waals surface area contributed by atoms with Gasteiger partial charge >= 0.3 is 0 Å². The molecule has 1 aromatic rings. The van der Waals surface area contributed by atoms with Crippen LogP contribution in [0.3, 0.4) is 0 Å². The van der Waals surface area contributed by atoms with Crippen molar-refractivity contribution in [3.63, 3.8) is 0 Å². The minimum atomic E-state index is -0.776. The number of halogens is 3. The molecule has 1 heterocycles. The van der Waals surface area contributed by atoms with Crippen LogP contribution in [0.5, 0.6) is 0 Å². The molecule has 0 aliphatic carbocycles. The second-order valence-corrected chi connectivity index (χ2v) is 5.62. The summed E-state index contributed by atoms with van der Waals surface area (Å²) in [5.74, 6) is -1.67. The minimum absolute atomic E-state index is 0.232. The maximum Gasteiger partial charge on any atom is 0.224 e. The van der Waals surface area contributed by atoms with E-state index in [1.54, 1.807) is 0 Å². The molecule has 1 amide bonds. The van der Waals surface area contributed by atoms with Gasteiger partial charge in [-0.05, 0) is 44.0 Å². The molecule has 0 radical (unpaired) electrons. The molecule has 1 fully saturated rings. The van der Waals surface area contributed by atoms with Crippen molar-refractivity contribution in [2.24, 2.45) is 5.92 Å². The summed E-state index contributed by atoms with van der Waals surface area (Å²) in [6.45, 7) is 1.74. The van der Waals surface area contributed by atoms with E-state index in [0.717, 1.165) is 38.1 Å². The van der Waals surface area contributed by atoms with Gasteiger partial charge in [0.05, 0.1) is 0 Å². The predicted molar refractivity (Wildman–Crippen MR) is 72.9 cm³/mol. The molecule has 2 N–H and O–H groups in total. The van der Waals surface area contributed by atoms with Gasteiger partial charge in [-0.3, -0.25) is 4.79 Å². The average Bonchev–Trinajstić information content (AvgIpc) is 2.35. The number of carbonyl (C=O) groups excluding carboxylic acids is 1. The molecule has 1 aliphatic heterocycles. The first-order valence-corrected chi connectivity index (χ1v) is 7.00. The highest BCUT2D eigenvalue weighted by Crippen LogP contribution is 2.24. The van der Waals surface area contributed by atoms with E-state index in [1.165, 1.54) is 0 Å². The van der Waals surface area contributed by atoms with E-state index >= 15 is 0 Å². The minimum Gasteiger partial charge on any atom is -0.321 e. The standard InChI is InChI=1S/C13H15BrF2N2O/c14-9-5-10(15)13(11(16)6-9)18-12(19)4-8-2-1-3-17-7-8/h5-6,8,17H,1-4,7H2,(H,18,19). The first kappa shape index (κ1) is 14.4. The lowest BCUT2D eigenvalue weighted by atomic mass is 9.96. The SMILES string of the molecule is O=C(CC1CCCNC1)Nc1c(F)cc(Br)cc1F. The summed E-state index contributed by atoms with van der Waals surface area (Å²) in [6.07, 6.45) is 2.27. The number of piperidine rings is 1. The molecule has 1 aliphatic rings. The van der Waals surface area contributed by atoms with E-state index < -0.39 is 11.6 Å². The third kappa shape index (κ3) is 3.98. The molecule has 19 heavy (non-hydrogen) atoms. The number of benzene rings is 1. The lowest BCUT2D eigenvalue weighted by Gasteiger charge is -2.22. The van der Waals surface area contributed by atoms with Gasteiger partial charge in [0.25, 0.3) is 0 Å². The second-order valence-electron chi connectivity index (χ2n) is 4.71. The van der Waals surface area contributed by atoms with Gasteiger partial charge in [-0.1, -0.05) is 15.9 Å². The second kappa shape index (κ2) is 6.43. The summed E-state index contributed by atoms with van der Waals surface area (Å²) in [5, 5.41) is 5.52. The Morgan fingerprint density at radius 1 is 1.42 bits per heavy atom. The van der Waals surface area contributed by atoms with Crippen LogP contribution in [-0.4, -0.2) is 19.0 Å². The van der Waals surface area contributed by atoms with Crippen LogP contribution in [0, 0.1) is 17.6 Å². The van der Waals surface area contributed by atoms with Gasteiger partial charge in [0, 0.05) is 10.9 Å². The van der Waals surface area contributed by atoms with Crippen LogP contribution in [0.25, 0.3) is 0 Å². The molecule has 0 bridgehead atoms. The summed E-state index contributed by atoms with van der Waals surface area (Å²) in [5.41, 5.74) is -0.378. The maximum atomic E-state index is 13.6. The smallest absolute Gasteiger partial charge is 0.224 e. The molecule has 6 heteroatoms. The molecule has 0 aromatic heterocycles. The molecule has 1 saturated heterocycles. The van der Waals surface area contributed by atoms with Crippen molar-refractivity contribution in [3.05, 3.63) is 28.2 Å². The normalized spacial score (nSPS) is 19.2. The van der Waals surface area contributed by atoms with Crippen LogP contribution in [0.1, 0.15) is 19.3 Å². The number of rotatable bonds is 3. The highest BCUT2D eigenvalue weighted by atomic mass is 79.9. The van der Waals surface area contributed by atoms with E-state index in [2.05, 4.69) is 26.6 Å². The van der Waals surface area contributed by atoms with Crippen molar-refractivity contribution in [2.75, 3.05) is 18.4 Å². The average molecular weight is 333 g/mol. The topological polar surface area (TPSA) is 41.1 Å². The molecule has 1 unspecified atom stereocenters. The first-order chi connectivity index (χ1) is 9.06. The van der Waals surface area contributed by atoms with Crippen molar-refractivity contribution in [1.82, 2.24) is 5.32 Å². The van der Waals surface area contributed by atoms with Crippen LogP contribution >= 0.6 is 15.9 Å². The van der Waals surface area contributed by atoms with Crippen molar-refractivity contribution in [3.8, 4) is 0 Å². The van der Waals surface area contributed by atoms with Crippen LogP contribution in [0.2, 0.25) is 0 Å². The van der Waals surface area contributed by atoms with Crippen molar-refractivity contribution in [1.29, 1.82) is 0 Å². The molecule has 2 rings (SSSR count). The van der Waals surface area contributed by atoms with Gasteiger partial charge < -0.3 is 10.6 Å². The number of anilines is 1. The van der Waals surface area contributed by atoms with E-state index in [-0.39, 0.29) is 23.9 Å². The Morgan fingerprint density at radius 3 is 2.68 bits per heavy atom. The van der Waals surface area contributed by atoms with Crippen molar-refractivity contribution >= 4 is 27.5 Å². The lowest BCUT2D eigenvalue weighted by molar-refractivity contribution is -0.117. The summed E-state index contributed by atoms with van der Waals surface area (Å²) in [7, 11) is 0. The van der Waals surface area contributed by atoms with Crippen LogP contribution in [0.15, 0.2) is 16.6 Å². The fourth-order valence-electron chi connectivity index (χ4n) is 2.21. The molecule has 1 atom stereocenters. The molecule has 104 valence electrons. The van der Waals surface area contributed by atoms with Crippen LogP contribution in [0.4, 0.5) is 14.5 Å². The van der Waals surface area contributed by atoms with Gasteiger partial charge in [0.2, 0.25) is 5.91 Å². The first-order valence-electron chi connectivity index (χ1n) is 6.21. The molecule has 0 saturated carbocycles. The number of amides is 1. The zero-order valence-electron chi connectivity index (χ0n) is 10.3. The van der Waals surface area contributed by atoms with Crippen LogP contribution in [-0.2, 0) is 4.79 Å². The summed E-state index contributed by atoms with van der Waals surface area (Å²) in [4.78, 5) is 11.8. The van der Waals surface area contributed by atoms with E-state index in [4.69, 9.17) is 0 Å². The van der Waals surface area contributed by atoms with Crippen molar-refractivity contribution < 1.29 is 13.6 Å². The third-order valence-electron chi connectivity index (χ3n) is 3.14. The monoisotopic (exact) mass is 332 g/mol. The summed E-state index contributed by atoms with van der Waals surface area (Å²) in [6, 6.07) is 2.25. The van der Waals surface area contributed by atoms with E-state index in [0.29, 0.717) is 4.47 Å².